The maximum atomic E-state index is 13.6. The Balaban J connectivity index is 1.67. The summed E-state index contributed by atoms with van der Waals surface area (Å²) in [6, 6.07) is 11.2. The molecule has 0 aliphatic heterocycles. The molecule has 3 aromatic rings. The van der Waals surface area contributed by atoms with Gasteiger partial charge in [-0.2, -0.15) is 0 Å². The summed E-state index contributed by atoms with van der Waals surface area (Å²) < 4.78 is 27.3. The third-order valence-corrected chi connectivity index (χ3v) is 4.61. The van der Waals surface area contributed by atoms with E-state index >= 15 is 0 Å². The van der Waals surface area contributed by atoms with Crippen LogP contribution < -0.4 is 5.32 Å². The van der Waals surface area contributed by atoms with Crippen LogP contribution in [0.25, 0.3) is 11.4 Å². The van der Waals surface area contributed by atoms with Crippen molar-refractivity contribution < 1.29 is 13.6 Å². The Morgan fingerprint density at radius 2 is 1.81 bits per heavy atom. The molecule has 134 valence electrons. The van der Waals surface area contributed by atoms with Crippen LogP contribution in [0.5, 0.6) is 0 Å². The van der Waals surface area contributed by atoms with E-state index in [0.29, 0.717) is 11.0 Å². The fourth-order valence-corrected chi connectivity index (χ4v) is 2.92. The first kappa shape index (κ1) is 18.1. The number of aromatic nitrogens is 3. The van der Waals surface area contributed by atoms with Crippen LogP contribution in [0.3, 0.4) is 0 Å². The normalized spacial score (nSPS) is 12.0. The number of carbonyl (C=O) groups is 1. The zero-order chi connectivity index (χ0) is 18.7. The number of nitrogens with zero attached hydrogens (tertiary/aromatic N) is 2. The van der Waals surface area contributed by atoms with E-state index in [2.05, 4.69) is 20.5 Å². The smallest absolute Gasteiger partial charge is 0.237 e. The molecule has 0 aliphatic carbocycles. The number of carbonyl (C=O) groups excluding carboxylic acids is 1. The lowest BCUT2D eigenvalue weighted by Gasteiger charge is -2.11. The molecule has 5 nitrogen and oxygen atoms in total. The zero-order valence-corrected chi connectivity index (χ0v) is 14.9. The van der Waals surface area contributed by atoms with Gasteiger partial charge in [0, 0.05) is 5.56 Å². The number of nitrogens with one attached hydrogen (secondary N) is 2. The second-order valence-corrected chi connectivity index (χ2v) is 6.99. The van der Waals surface area contributed by atoms with Crippen molar-refractivity contribution in [1.29, 1.82) is 0 Å². The standard InChI is InChI=1S/C18H16F2N4OS/c1-10-6-8-12(9-7-10)16-22-18(24-23-16)26-11(2)17(25)21-15-13(19)4-3-5-14(15)20/h3-9,11H,1-2H3,(H,21,25)(H,22,23,24)/t11-/m0/s1. The van der Waals surface area contributed by atoms with Crippen molar-refractivity contribution in [1.82, 2.24) is 15.2 Å². The monoisotopic (exact) mass is 374 g/mol. The lowest BCUT2D eigenvalue weighted by molar-refractivity contribution is -0.115. The van der Waals surface area contributed by atoms with Gasteiger partial charge in [-0.3, -0.25) is 9.89 Å². The number of halogens is 2. The lowest BCUT2D eigenvalue weighted by atomic mass is 10.1. The summed E-state index contributed by atoms with van der Waals surface area (Å²) in [5.74, 6) is -1.61. The van der Waals surface area contributed by atoms with Crippen LogP contribution >= 0.6 is 11.8 Å². The molecule has 0 fully saturated rings. The van der Waals surface area contributed by atoms with E-state index < -0.39 is 28.5 Å². The second-order valence-electron chi connectivity index (χ2n) is 5.68. The van der Waals surface area contributed by atoms with Crippen molar-refractivity contribution in [2.24, 2.45) is 0 Å². The molecule has 8 heteroatoms. The SMILES string of the molecule is Cc1ccc(-c2nc(S[C@@H](C)C(=O)Nc3c(F)cccc3F)n[nH]2)cc1. The third kappa shape index (κ3) is 4.08. The minimum absolute atomic E-state index is 0.372. The molecule has 26 heavy (non-hydrogen) atoms. The largest absolute Gasteiger partial charge is 0.320 e. The number of benzene rings is 2. The number of thioether (sulfide) groups is 1. The zero-order valence-electron chi connectivity index (χ0n) is 14.1. The minimum Gasteiger partial charge on any atom is -0.320 e. The van der Waals surface area contributed by atoms with Crippen LogP contribution in [0.2, 0.25) is 0 Å². The van der Waals surface area contributed by atoms with E-state index in [-0.39, 0.29) is 0 Å². The van der Waals surface area contributed by atoms with Crippen molar-refractivity contribution in [3.05, 3.63) is 59.7 Å². The lowest BCUT2D eigenvalue weighted by Crippen LogP contribution is -2.23. The molecule has 0 bridgehead atoms. The number of anilines is 1. The first-order valence-electron chi connectivity index (χ1n) is 7.85. The van der Waals surface area contributed by atoms with Gasteiger partial charge >= 0.3 is 0 Å². The molecule has 0 aliphatic rings. The molecule has 0 radical (unpaired) electrons. The van der Waals surface area contributed by atoms with E-state index in [4.69, 9.17) is 0 Å². The van der Waals surface area contributed by atoms with E-state index in [1.807, 2.05) is 31.2 Å². The third-order valence-electron chi connectivity index (χ3n) is 3.65. The van der Waals surface area contributed by atoms with Gasteiger partial charge in [0.15, 0.2) is 5.82 Å². The molecule has 1 atom stereocenters. The van der Waals surface area contributed by atoms with Crippen molar-refractivity contribution in [3.8, 4) is 11.4 Å². The summed E-state index contributed by atoms with van der Waals surface area (Å²) in [4.78, 5) is 16.5. The Labute approximate surface area is 153 Å². The number of aromatic amines is 1. The van der Waals surface area contributed by atoms with E-state index in [1.165, 1.54) is 6.07 Å². The molecule has 3 rings (SSSR count). The van der Waals surface area contributed by atoms with Crippen LogP contribution in [-0.4, -0.2) is 26.3 Å². The molecule has 2 N–H and O–H groups in total. The van der Waals surface area contributed by atoms with Crippen molar-refractivity contribution in [2.75, 3.05) is 5.32 Å². The summed E-state index contributed by atoms with van der Waals surface area (Å²) in [5.41, 5.74) is 1.55. The number of hydrogen-bond donors (Lipinski definition) is 2. The van der Waals surface area contributed by atoms with Crippen LogP contribution in [-0.2, 0) is 4.79 Å². The highest BCUT2D eigenvalue weighted by Crippen LogP contribution is 2.25. The topological polar surface area (TPSA) is 70.7 Å². The molecular formula is C18H16F2N4OS. The highest BCUT2D eigenvalue weighted by Gasteiger charge is 2.20. The molecule has 1 heterocycles. The molecule has 2 aromatic carbocycles. The first-order chi connectivity index (χ1) is 12.4. The van der Waals surface area contributed by atoms with E-state index in [1.54, 1.807) is 6.92 Å². The molecule has 0 unspecified atom stereocenters. The average Bonchev–Trinajstić information content (AvgIpc) is 3.07. The van der Waals surface area contributed by atoms with Gasteiger partial charge < -0.3 is 5.32 Å². The summed E-state index contributed by atoms with van der Waals surface area (Å²) in [7, 11) is 0. The van der Waals surface area contributed by atoms with Crippen LogP contribution in [0.15, 0.2) is 47.6 Å². The van der Waals surface area contributed by atoms with Crippen LogP contribution in [0, 0.1) is 18.6 Å². The first-order valence-corrected chi connectivity index (χ1v) is 8.73. The van der Waals surface area contributed by atoms with Gasteiger partial charge in [0.05, 0.1) is 5.25 Å². The predicted molar refractivity (Wildman–Crippen MR) is 96.9 cm³/mol. The second kappa shape index (κ2) is 7.65. The van der Waals surface area contributed by atoms with Gasteiger partial charge in [-0.25, -0.2) is 13.8 Å². The number of hydrogen-bond acceptors (Lipinski definition) is 4. The van der Waals surface area contributed by atoms with Crippen LogP contribution in [0.1, 0.15) is 12.5 Å². The highest BCUT2D eigenvalue weighted by atomic mass is 32.2. The number of amides is 1. The molecule has 0 spiro atoms. The molecule has 0 saturated carbocycles. The minimum atomic E-state index is -0.824. The Morgan fingerprint density at radius 1 is 1.15 bits per heavy atom. The molecular weight excluding hydrogens is 358 g/mol. The van der Waals surface area contributed by atoms with Crippen molar-refractivity contribution in [2.45, 2.75) is 24.3 Å². The van der Waals surface area contributed by atoms with E-state index in [9.17, 15) is 13.6 Å². The average molecular weight is 374 g/mol. The molecule has 1 amide bonds. The number of aryl methyl sites for hydroxylation is 1. The number of rotatable bonds is 5. The quantitative estimate of drug-likeness (QED) is 0.658. The van der Waals surface area contributed by atoms with Gasteiger partial charge in [-0.15, -0.1) is 5.10 Å². The number of para-hydroxylation sites is 1. The maximum absolute atomic E-state index is 13.6. The van der Waals surface area contributed by atoms with Gasteiger partial charge in [0.2, 0.25) is 11.1 Å². The summed E-state index contributed by atoms with van der Waals surface area (Å²) in [6.45, 7) is 3.60. The Morgan fingerprint density at radius 3 is 2.46 bits per heavy atom. The Kier molecular flexibility index (Phi) is 5.32. The van der Waals surface area contributed by atoms with Gasteiger partial charge in [0.25, 0.3) is 0 Å². The number of H-pyrrole nitrogens is 1. The van der Waals surface area contributed by atoms with Crippen molar-refractivity contribution >= 4 is 23.4 Å². The van der Waals surface area contributed by atoms with E-state index in [0.717, 1.165) is 35.0 Å². The summed E-state index contributed by atoms with van der Waals surface area (Å²) in [6.07, 6.45) is 0. The fourth-order valence-electron chi connectivity index (χ4n) is 2.19. The predicted octanol–water partition coefficient (Wildman–Crippen LogP) is 4.18. The molecule has 1 aromatic heterocycles. The Bertz CT molecular complexity index is 907. The van der Waals surface area contributed by atoms with Gasteiger partial charge in [-0.1, -0.05) is 47.7 Å². The highest BCUT2D eigenvalue weighted by molar-refractivity contribution is 8.00. The van der Waals surface area contributed by atoms with Crippen LogP contribution in [0.4, 0.5) is 14.5 Å². The maximum Gasteiger partial charge on any atom is 0.237 e. The Hall–Kier alpha value is -2.74. The molecule has 0 saturated heterocycles. The van der Waals surface area contributed by atoms with Crippen molar-refractivity contribution in [3.63, 3.8) is 0 Å². The van der Waals surface area contributed by atoms with Gasteiger partial charge in [0.1, 0.15) is 17.3 Å². The summed E-state index contributed by atoms with van der Waals surface area (Å²) >= 11 is 1.09. The summed E-state index contributed by atoms with van der Waals surface area (Å²) in [5, 5.41) is 8.90. The van der Waals surface area contributed by atoms with Gasteiger partial charge in [-0.05, 0) is 26.0 Å². The fraction of sp³-hybridized carbons (Fsp3) is 0.167.